The molecule has 136 valence electrons. The van der Waals surface area contributed by atoms with Crippen molar-refractivity contribution in [1.82, 2.24) is 14.7 Å². The summed E-state index contributed by atoms with van der Waals surface area (Å²) in [7, 11) is 0. The van der Waals surface area contributed by atoms with E-state index in [1.807, 2.05) is 72.4 Å². The summed E-state index contributed by atoms with van der Waals surface area (Å²) in [6, 6.07) is 20.1. The van der Waals surface area contributed by atoms with Gasteiger partial charge in [-0.15, -0.1) is 0 Å². The van der Waals surface area contributed by atoms with Gasteiger partial charge in [-0.3, -0.25) is 0 Å². The summed E-state index contributed by atoms with van der Waals surface area (Å²) in [5.41, 5.74) is 3.26. The number of nitrogens with zero attached hydrogens (tertiary/aromatic N) is 3. The number of ether oxygens (including phenoxy) is 1. The van der Waals surface area contributed by atoms with Crippen molar-refractivity contribution in [3.8, 4) is 22.8 Å². The number of hydrogen-bond donors (Lipinski definition) is 0. The molecule has 2 aromatic heterocycles. The Morgan fingerprint density at radius 2 is 1.70 bits per heavy atom. The van der Waals surface area contributed by atoms with Crippen LogP contribution in [0.25, 0.3) is 17.1 Å². The fourth-order valence-electron chi connectivity index (χ4n) is 2.87. The van der Waals surface area contributed by atoms with Gasteiger partial charge in [0.15, 0.2) is 6.10 Å². The van der Waals surface area contributed by atoms with Crippen molar-refractivity contribution in [3.63, 3.8) is 0 Å². The second-order valence-electron chi connectivity index (χ2n) is 6.35. The van der Waals surface area contributed by atoms with E-state index in [0.29, 0.717) is 11.7 Å². The first-order chi connectivity index (χ1) is 13.2. The molecule has 0 fully saturated rings. The van der Waals surface area contributed by atoms with Crippen LogP contribution in [0.15, 0.2) is 77.6 Å². The summed E-state index contributed by atoms with van der Waals surface area (Å²) in [6.07, 6.45) is 4.70. The molecule has 2 aromatic carbocycles. The largest absolute Gasteiger partial charge is 0.481 e. The van der Waals surface area contributed by atoms with Gasteiger partial charge in [0.05, 0.1) is 0 Å². The molecule has 4 aromatic rings. The van der Waals surface area contributed by atoms with Crippen molar-refractivity contribution in [3.05, 3.63) is 84.5 Å². The van der Waals surface area contributed by atoms with Crippen LogP contribution in [0.3, 0.4) is 0 Å². The van der Waals surface area contributed by atoms with Gasteiger partial charge in [0.1, 0.15) is 5.75 Å². The minimum Gasteiger partial charge on any atom is -0.481 e. The van der Waals surface area contributed by atoms with Gasteiger partial charge in [-0.25, -0.2) is 0 Å². The van der Waals surface area contributed by atoms with Crippen LogP contribution in [0.5, 0.6) is 5.75 Å². The fraction of sp³-hybridized carbons (Fsp3) is 0.182. The highest BCUT2D eigenvalue weighted by Gasteiger charge is 2.17. The maximum Gasteiger partial charge on any atom is 0.267 e. The smallest absolute Gasteiger partial charge is 0.267 e. The lowest BCUT2D eigenvalue weighted by molar-refractivity contribution is 0.176. The molecule has 0 unspecified atom stereocenters. The summed E-state index contributed by atoms with van der Waals surface area (Å²) in [6.45, 7) is 4.03. The highest BCUT2D eigenvalue weighted by Crippen LogP contribution is 2.24. The van der Waals surface area contributed by atoms with E-state index in [-0.39, 0.29) is 6.10 Å². The minimum absolute atomic E-state index is 0.321. The molecule has 0 saturated carbocycles. The van der Waals surface area contributed by atoms with Crippen LogP contribution >= 0.6 is 0 Å². The van der Waals surface area contributed by atoms with Crippen LogP contribution in [0.2, 0.25) is 0 Å². The van der Waals surface area contributed by atoms with E-state index in [4.69, 9.17) is 9.26 Å². The van der Waals surface area contributed by atoms with Crippen LogP contribution in [0, 0.1) is 0 Å². The highest BCUT2D eigenvalue weighted by molar-refractivity contribution is 5.56. The second-order valence-corrected chi connectivity index (χ2v) is 6.35. The van der Waals surface area contributed by atoms with Gasteiger partial charge in [0, 0.05) is 23.6 Å². The minimum atomic E-state index is -0.321. The highest BCUT2D eigenvalue weighted by atomic mass is 16.5. The molecule has 0 aliphatic rings. The molecule has 2 heterocycles. The molecule has 5 nitrogen and oxygen atoms in total. The third-order valence-corrected chi connectivity index (χ3v) is 4.46. The van der Waals surface area contributed by atoms with Gasteiger partial charge in [0.2, 0.25) is 5.82 Å². The number of benzene rings is 2. The molecule has 0 amide bonds. The molecule has 1 atom stereocenters. The molecule has 0 aliphatic carbocycles. The van der Waals surface area contributed by atoms with E-state index in [9.17, 15) is 0 Å². The van der Waals surface area contributed by atoms with Crippen molar-refractivity contribution in [1.29, 1.82) is 0 Å². The maximum absolute atomic E-state index is 5.92. The Hall–Kier alpha value is -3.34. The lowest BCUT2D eigenvalue weighted by Gasteiger charge is -2.10. The Labute approximate surface area is 158 Å². The van der Waals surface area contributed by atoms with E-state index in [1.165, 1.54) is 5.56 Å². The first-order valence-corrected chi connectivity index (χ1v) is 9.06. The zero-order chi connectivity index (χ0) is 18.6. The summed E-state index contributed by atoms with van der Waals surface area (Å²) < 4.78 is 13.4. The van der Waals surface area contributed by atoms with Gasteiger partial charge in [-0.2, -0.15) is 4.98 Å². The molecular weight excluding hydrogens is 338 g/mol. The van der Waals surface area contributed by atoms with Crippen LogP contribution in [-0.2, 0) is 6.42 Å². The fourth-order valence-corrected chi connectivity index (χ4v) is 2.87. The van der Waals surface area contributed by atoms with Gasteiger partial charge >= 0.3 is 0 Å². The van der Waals surface area contributed by atoms with Gasteiger partial charge in [-0.1, -0.05) is 24.2 Å². The van der Waals surface area contributed by atoms with Crippen molar-refractivity contribution < 1.29 is 9.26 Å². The van der Waals surface area contributed by atoms with E-state index in [2.05, 4.69) is 29.2 Å². The number of aryl methyl sites for hydroxylation is 1. The van der Waals surface area contributed by atoms with E-state index in [1.54, 1.807) is 0 Å². The maximum atomic E-state index is 5.92. The van der Waals surface area contributed by atoms with Crippen molar-refractivity contribution >= 4 is 0 Å². The lowest BCUT2D eigenvalue weighted by Crippen LogP contribution is -2.03. The van der Waals surface area contributed by atoms with Gasteiger partial charge < -0.3 is 13.8 Å². The zero-order valence-electron chi connectivity index (χ0n) is 15.4. The number of aromatic nitrogens is 3. The van der Waals surface area contributed by atoms with E-state index >= 15 is 0 Å². The molecule has 0 bridgehead atoms. The molecule has 0 saturated heterocycles. The first kappa shape index (κ1) is 17.1. The van der Waals surface area contributed by atoms with Crippen LogP contribution in [0.4, 0.5) is 0 Å². The monoisotopic (exact) mass is 359 g/mol. The molecule has 0 radical (unpaired) electrons. The predicted octanol–water partition coefficient (Wildman–Crippen LogP) is 5.23. The van der Waals surface area contributed by atoms with Crippen molar-refractivity contribution in [2.45, 2.75) is 26.4 Å². The van der Waals surface area contributed by atoms with Gasteiger partial charge in [-0.05, 0) is 67.4 Å². The molecule has 0 aliphatic heterocycles. The summed E-state index contributed by atoms with van der Waals surface area (Å²) in [5, 5.41) is 4.10. The Balaban J connectivity index is 1.47. The van der Waals surface area contributed by atoms with Crippen molar-refractivity contribution in [2.75, 3.05) is 0 Å². The SMILES string of the molecule is CCc1ccc(O[C@@H](C)c2nc(-c3ccc(-n4cccc4)cc3)no2)cc1. The third-order valence-electron chi connectivity index (χ3n) is 4.46. The van der Waals surface area contributed by atoms with Crippen LogP contribution in [0.1, 0.15) is 31.4 Å². The summed E-state index contributed by atoms with van der Waals surface area (Å²) in [5.74, 6) is 1.80. The summed E-state index contributed by atoms with van der Waals surface area (Å²) >= 11 is 0. The topological polar surface area (TPSA) is 53.1 Å². The molecular formula is C22H21N3O2. The first-order valence-electron chi connectivity index (χ1n) is 9.06. The molecule has 5 heteroatoms. The van der Waals surface area contributed by atoms with Gasteiger partial charge in [0.25, 0.3) is 5.89 Å². The Kier molecular flexibility index (Phi) is 4.75. The molecule has 4 rings (SSSR count). The Bertz CT molecular complexity index is 987. The van der Waals surface area contributed by atoms with E-state index < -0.39 is 0 Å². The Morgan fingerprint density at radius 3 is 2.37 bits per heavy atom. The average molecular weight is 359 g/mol. The predicted molar refractivity (Wildman–Crippen MR) is 104 cm³/mol. The lowest BCUT2D eigenvalue weighted by atomic mass is 10.2. The van der Waals surface area contributed by atoms with E-state index in [0.717, 1.165) is 23.4 Å². The second kappa shape index (κ2) is 7.50. The Morgan fingerprint density at radius 1 is 1.00 bits per heavy atom. The standard InChI is InChI=1S/C22H21N3O2/c1-3-17-6-12-20(13-7-17)26-16(2)22-23-21(24-27-22)18-8-10-19(11-9-18)25-14-4-5-15-25/h4-16H,3H2,1-2H3/t16-/m0/s1. The zero-order valence-corrected chi connectivity index (χ0v) is 15.4. The summed E-state index contributed by atoms with van der Waals surface area (Å²) in [4.78, 5) is 4.49. The quantitative estimate of drug-likeness (QED) is 0.473. The average Bonchev–Trinajstić information content (AvgIpc) is 3.41. The normalized spacial score (nSPS) is 12.1. The number of rotatable bonds is 6. The molecule has 0 spiro atoms. The van der Waals surface area contributed by atoms with Crippen LogP contribution < -0.4 is 4.74 Å². The van der Waals surface area contributed by atoms with Crippen molar-refractivity contribution in [2.24, 2.45) is 0 Å². The molecule has 0 N–H and O–H groups in total. The third kappa shape index (κ3) is 3.77. The molecule has 27 heavy (non-hydrogen) atoms. The number of hydrogen-bond acceptors (Lipinski definition) is 4. The van der Waals surface area contributed by atoms with Crippen LogP contribution in [-0.4, -0.2) is 14.7 Å².